The van der Waals surface area contributed by atoms with Gasteiger partial charge in [-0.2, -0.15) is 0 Å². The van der Waals surface area contributed by atoms with Crippen LogP contribution in [0.2, 0.25) is 0 Å². The van der Waals surface area contributed by atoms with E-state index in [1.165, 1.54) is 4.90 Å². The molecular formula is C21H23N3O3. The van der Waals surface area contributed by atoms with Crippen molar-refractivity contribution in [3.05, 3.63) is 47.9 Å². The molecule has 1 saturated heterocycles. The lowest BCUT2D eigenvalue weighted by Gasteiger charge is -2.29. The van der Waals surface area contributed by atoms with Gasteiger partial charge in [0, 0.05) is 36.4 Å². The monoisotopic (exact) mass is 365 g/mol. The molecule has 27 heavy (non-hydrogen) atoms. The number of carboxylic acid groups (broad SMARTS) is 1. The average Bonchev–Trinajstić information content (AvgIpc) is 3.11. The predicted octanol–water partition coefficient (Wildman–Crippen LogP) is 4.52. The number of hydrogen-bond donors (Lipinski definition) is 1. The summed E-state index contributed by atoms with van der Waals surface area (Å²) in [4.78, 5) is 16.6. The van der Waals surface area contributed by atoms with E-state index in [1.54, 1.807) is 12.4 Å². The fourth-order valence-electron chi connectivity index (χ4n) is 3.96. The van der Waals surface area contributed by atoms with Crippen molar-refractivity contribution in [1.82, 2.24) is 15.0 Å². The van der Waals surface area contributed by atoms with E-state index in [-0.39, 0.29) is 0 Å². The smallest absolute Gasteiger partial charge is 0.407 e. The van der Waals surface area contributed by atoms with Crippen LogP contribution < -0.4 is 0 Å². The number of hydrogen-bond acceptors (Lipinski definition) is 4. The zero-order valence-electron chi connectivity index (χ0n) is 15.4. The lowest BCUT2D eigenvalue weighted by Crippen LogP contribution is -2.37. The maximum Gasteiger partial charge on any atom is 0.407 e. The van der Waals surface area contributed by atoms with E-state index in [9.17, 15) is 4.79 Å². The van der Waals surface area contributed by atoms with E-state index in [2.05, 4.69) is 29.2 Å². The van der Waals surface area contributed by atoms with Crippen LogP contribution in [0.5, 0.6) is 0 Å². The molecule has 4 rings (SSSR count). The van der Waals surface area contributed by atoms with E-state index in [4.69, 9.17) is 9.63 Å². The summed E-state index contributed by atoms with van der Waals surface area (Å²) in [6.45, 7) is 3.33. The number of carbonyl (C=O) groups is 1. The molecule has 1 N–H and O–H groups in total. The third kappa shape index (κ3) is 3.52. The van der Waals surface area contributed by atoms with Crippen LogP contribution in [0.1, 0.15) is 30.5 Å². The Balaban J connectivity index is 1.48. The molecule has 1 aliphatic heterocycles. The van der Waals surface area contributed by atoms with Gasteiger partial charge in [-0.3, -0.25) is 4.98 Å². The van der Waals surface area contributed by atoms with Gasteiger partial charge in [0.05, 0.1) is 5.69 Å². The number of aromatic nitrogens is 2. The molecule has 2 aromatic heterocycles. The Kier molecular flexibility index (Phi) is 4.79. The highest BCUT2D eigenvalue weighted by atomic mass is 16.5. The quantitative estimate of drug-likeness (QED) is 0.735. The van der Waals surface area contributed by atoms with Gasteiger partial charge in [-0.1, -0.05) is 11.2 Å². The van der Waals surface area contributed by atoms with Crippen molar-refractivity contribution >= 4 is 17.1 Å². The van der Waals surface area contributed by atoms with Crippen LogP contribution in [-0.2, 0) is 6.42 Å². The fourth-order valence-corrected chi connectivity index (χ4v) is 3.96. The maximum atomic E-state index is 11.0. The molecular weight excluding hydrogens is 342 g/mol. The van der Waals surface area contributed by atoms with Gasteiger partial charge in [-0.05, 0) is 67.9 Å². The molecule has 0 bridgehead atoms. The summed E-state index contributed by atoms with van der Waals surface area (Å²) < 4.78 is 5.68. The average molecular weight is 365 g/mol. The number of amides is 1. The number of rotatable bonds is 4. The van der Waals surface area contributed by atoms with Gasteiger partial charge < -0.3 is 14.5 Å². The Bertz CT molecular complexity index is 944. The molecule has 0 saturated carbocycles. The highest BCUT2D eigenvalue weighted by Crippen LogP contribution is 2.32. The molecule has 1 aromatic carbocycles. The van der Waals surface area contributed by atoms with Crippen molar-refractivity contribution < 1.29 is 14.4 Å². The summed E-state index contributed by atoms with van der Waals surface area (Å²) in [5, 5.41) is 14.5. The molecule has 3 aromatic rings. The second-order valence-electron chi connectivity index (χ2n) is 7.23. The second-order valence-corrected chi connectivity index (χ2v) is 7.23. The molecule has 0 spiro atoms. The van der Waals surface area contributed by atoms with Crippen LogP contribution in [0.3, 0.4) is 0 Å². The van der Waals surface area contributed by atoms with E-state index >= 15 is 0 Å². The van der Waals surface area contributed by atoms with Crippen LogP contribution >= 0.6 is 0 Å². The zero-order chi connectivity index (χ0) is 18.8. The van der Waals surface area contributed by atoms with Gasteiger partial charge in [-0.25, -0.2) is 4.79 Å². The van der Waals surface area contributed by atoms with Crippen molar-refractivity contribution in [1.29, 1.82) is 0 Å². The third-order valence-corrected chi connectivity index (χ3v) is 5.63. The van der Waals surface area contributed by atoms with Crippen molar-refractivity contribution in [3.63, 3.8) is 0 Å². The normalized spacial score (nSPS) is 15.4. The first kappa shape index (κ1) is 17.5. The molecule has 1 fully saturated rings. The highest BCUT2D eigenvalue weighted by molar-refractivity contribution is 5.88. The molecule has 1 aliphatic rings. The molecule has 0 radical (unpaired) electrons. The summed E-state index contributed by atoms with van der Waals surface area (Å²) in [6, 6.07) is 8.21. The van der Waals surface area contributed by atoms with E-state index in [0.29, 0.717) is 19.0 Å². The van der Waals surface area contributed by atoms with Crippen molar-refractivity contribution in [3.8, 4) is 11.1 Å². The van der Waals surface area contributed by atoms with E-state index in [0.717, 1.165) is 59.0 Å². The van der Waals surface area contributed by atoms with Gasteiger partial charge >= 0.3 is 6.09 Å². The lowest BCUT2D eigenvalue weighted by atomic mass is 9.91. The molecule has 0 unspecified atom stereocenters. The number of pyridine rings is 1. The van der Waals surface area contributed by atoms with Crippen LogP contribution in [0.25, 0.3) is 22.1 Å². The molecule has 1 amide bonds. The highest BCUT2D eigenvalue weighted by Gasteiger charge is 2.23. The summed E-state index contributed by atoms with van der Waals surface area (Å²) in [7, 11) is 0. The molecule has 0 aliphatic carbocycles. The molecule has 6 heteroatoms. The Morgan fingerprint density at radius 1 is 1.22 bits per heavy atom. The Hall–Kier alpha value is -2.89. The van der Waals surface area contributed by atoms with Gasteiger partial charge in [-0.15, -0.1) is 0 Å². The largest absolute Gasteiger partial charge is 0.465 e. The number of nitrogens with zero attached hydrogens (tertiary/aromatic N) is 3. The zero-order valence-corrected chi connectivity index (χ0v) is 15.4. The minimum atomic E-state index is -0.809. The minimum Gasteiger partial charge on any atom is -0.465 e. The first-order valence-electron chi connectivity index (χ1n) is 9.39. The summed E-state index contributed by atoms with van der Waals surface area (Å²) in [5.74, 6) is 0.546. The van der Waals surface area contributed by atoms with Gasteiger partial charge in [0.25, 0.3) is 0 Å². The number of fused-ring (bicyclic) bond motifs is 1. The van der Waals surface area contributed by atoms with Crippen LogP contribution in [0, 0.1) is 12.8 Å². The Morgan fingerprint density at radius 2 is 1.96 bits per heavy atom. The Morgan fingerprint density at radius 3 is 2.67 bits per heavy atom. The lowest BCUT2D eigenvalue weighted by molar-refractivity contribution is 0.123. The van der Waals surface area contributed by atoms with E-state index < -0.39 is 6.09 Å². The SMILES string of the molecule is Cc1c(-c2ccncc2)ccc2c(CCC3CCN(C(=O)O)CC3)noc12. The standard InChI is InChI=1S/C21H23N3O3/c1-14-17(16-6-10-22-11-7-16)3-4-18-19(23-27-20(14)18)5-2-15-8-12-24(13-9-15)21(25)26/h3-4,6-7,10-11,15H,2,5,8-9,12-13H2,1H3,(H,25,26). The minimum absolute atomic E-state index is 0.546. The van der Waals surface area contributed by atoms with Gasteiger partial charge in [0.1, 0.15) is 0 Å². The number of benzene rings is 1. The number of likely N-dealkylation sites (tertiary alicyclic amines) is 1. The van der Waals surface area contributed by atoms with Crippen LogP contribution in [-0.4, -0.2) is 39.3 Å². The topological polar surface area (TPSA) is 79.5 Å². The predicted molar refractivity (Wildman–Crippen MR) is 103 cm³/mol. The molecule has 140 valence electrons. The Labute approximate surface area is 157 Å². The fraction of sp³-hybridized carbons (Fsp3) is 0.381. The van der Waals surface area contributed by atoms with E-state index in [1.807, 2.05) is 12.1 Å². The summed E-state index contributed by atoms with van der Waals surface area (Å²) in [5.41, 5.74) is 5.18. The first-order chi connectivity index (χ1) is 13.1. The van der Waals surface area contributed by atoms with Crippen molar-refractivity contribution in [2.24, 2.45) is 5.92 Å². The van der Waals surface area contributed by atoms with Crippen LogP contribution in [0.4, 0.5) is 4.79 Å². The molecule has 0 atom stereocenters. The third-order valence-electron chi connectivity index (χ3n) is 5.63. The van der Waals surface area contributed by atoms with Gasteiger partial charge in [0.2, 0.25) is 0 Å². The number of aryl methyl sites for hydroxylation is 2. The summed E-state index contributed by atoms with van der Waals surface area (Å²) in [6.07, 6.45) is 6.50. The van der Waals surface area contributed by atoms with Crippen molar-refractivity contribution in [2.45, 2.75) is 32.6 Å². The first-order valence-corrected chi connectivity index (χ1v) is 9.39. The summed E-state index contributed by atoms with van der Waals surface area (Å²) >= 11 is 0. The molecule has 6 nitrogen and oxygen atoms in total. The number of piperidine rings is 1. The van der Waals surface area contributed by atoms with Crippen LogP contribution in [0.15, 0.2) is 41.2 Å². The maximum absolute atomic E-state index is 11.0. The van der Waals surface area contributed by atoms with Crippen molar-refractivity contribution in [2.75, 3.05) is 13.1 Å². The molecule has 3 heterocycles. The van der Waals surface area contributed by atoms with Gasteiger partial charge in [0.15, 0.2) is 5.58 Å². The second kappa shape index (κ2) is 7.39.